The summed E-state index contributed by atoms with van der Waals surface area (Å²) >= 11 is 0. The average Bonchev–Trinajstić information content (AvgIpc) is 2.34. The first-order valence-electron chi connectivity index (χ1n) is 5.49. The van der Waals surface area contributed by atoms with Crippen LogP contribution in [0.2, 0.25) is 0 Å². The van der Waals surface area contributed by atoms with Crippen molar-refractivity contribution in [3.05, 3.63) is 48.1 Å². The van der Waals surface area contributed by atoms with Gasteiger partial charge in [-0.05, 0) is 6.07 Å². The number of hydrogen-bond donors (Lipinski definition) is 1. The molecule has 0 saturated carbocycles. The van der Waals surface area contributed by atoms with Gasteiger partial charge in [0.15, 0.2) is 11.6 Å². The van der Waals surface area contributed by atoms with E-state index in [1.165, 1.54) is 18.2 Å². The third-order valence-electron chi connectivity index (χ3n) is 2.40. The maximum Gasteiger partial charge on any atom is 0.323 e. The van der Waals surface area contributed by atoms with Crippen molar-refractivity contribution < 1.29 is 23.5 Å². The SMILES string of the molecule is C=CCN(CC(=O)O)C(=O)Cc1cccc(F)c1F. The van der Waals surface area contributed by atoms with Crippen LogP contribution in [0.1, 0.15) is 5.56 Å². The van der Waals surface area contributed by atoms with Crippen LogP contribution < -0.4 is 0 Å². The van der Waals surface area contributed by atoms with Gasteiger partial charge in [0.2, 0.25) is 5.91 Å². The second kappa shape index (κ2) is 6.63. The van der Waals surface area contributed by atoms with Gasteiger partial charge in [0.05, 0.1) is 6.42 Å². The zero-order chi connectivity index (χ0) is 14.4. The van der Waals surface area contributed by atoms with Crippen molar-refractivity contribution in [2.75, 3.05) is 13.1 Å². The smallest absolute Gasteiger partial charge is 0.323 e. The van der Waals surface area contributed by atoms with Crippen LogP contribution in [-0.4, -0.2) is 35.0 Å². The van der Waals surface area contributed by atoms with Crippen molar-refractivity contribution >= 4 is 11.9 Å². The lowest BCUT2D eigenvalue weighted by Crippen LogP contribution is -2.36. The standard InChI is InChI=1S/C13H13F2NO3/c1-2-6-16(8-12(18)19)11(17)7-9-4-3-5-10(14)13(9)15/h2-5H,1,6-8H2,(H,18,19). The maximum atomic E-state index is 13.4. The van der Waals surface area contributed by atoms with Gasteiger partial charge in [0.1, 0.15) is 6.54 Å². The fourth-order valence-electron chi connectivity index (χ4n) is 1.53. The van der Waals surface area contributed by atoms with E-state index < -0.39 is 36.5 Å². The molecule has 0 fully saturated rings. The summed E-state index contributed by atoms with van der Waals surface area (Å²) in [6, 6.07) is 3.52. The third-order valence-corrected chi connectivity index (χ3v) is 2.40. The van der Waals surface area contributed by atoms with Gasteiger partial charge < -0.3 is 10.0 Å². The molecule has 1 aromatic rings. The number of halogens is 2. The first kappa shape index (κ1) is 14.8. The average molecular weight is 269 g/mol. The highest BCUT2D eigenvalue weighted by atomic mass is 19.2. The van der Waals surface area contributed by atoms with E-state index in [9.17, 15) is 18.4 Å². The number of carboxylic acid groups (broad SMARTS) is 1. The number of carboxylic acids is 1. The number of nitrogens with zero attached hydrogens (tertiary/aromatic N) is 1. The second-order valence-corrected chi connectivity index (χ2v) is 3.85. The lowest BCUT2D eigenvalue weighted by atomic mass is 10.1. The van der Waals surface area contributed by atoms with Crippen molar-refractivity contribution in [2.24, 2.45) is 0 Å². The molecule has 0 radical (unpaired) electrons. The molecule has 6 heteroatoms. The highest BCUT2D eigenvalue weighted by molar-refractivity contribution is 5.83. The largest absolute Gasteiger partial charge is 0.480 e. The monoisotopic (exact) mass is 269 g/mol. The van der Waals surface area contributed by atoms with Crippen LogP contribution in [0, 0.1) is 11.6 Å². The molecule has 0 aromatic heterocycles. The molecule has 1 aromatic carbocycles. The predicted octanol–water partition coefficient (Wildman–Crippen LogP) is 1.61. The third kappa shape index (κ3) is 4.17. The van der Waals surface area contributed by atoms with E-state index in [1.807, 2.05) is 0 Å². The van der Waals surface area contributed by atoms with Crippen molar-refractivity contribution in [3.8, 4) is 0 Å². The van der Waals surface area contributed by atoms with Crippen molar-refractivity contribution in [1.29, 1.82) is 0 Å². The molecule has 0 aliphatic heterocycles. The summed E-state index contributed by atoms with van der Waals surface area (Å²) in [6.45, 7) is 2.93. The Labute approximate surface area is 109 Å². The summed E-state index contributed by atoms with van der Waals surface area (Å²) in [6.07, 6.45) is 0.966. The summed E-state index contributed by atoms with van der Waals surface area (Å²) in [5.41, 5.74) is -0.107. The topological polar surface area (TPSA) is 57.6 Å². The first-order valence-corrected chi connectivity index (χ1v) is 5.49. The van der Waals surface area contributed by atoms with E-state index in [4.69, 9.17) is 5.11 Å². The van der Waals surface area contributed by atoms with Crippen molar-refractivity contribution in [3.63, 3.8) is 0 Å². The Kier molecular flexibility index (Phi) is 5.17. The molecule has 102 valence electrons. The number of carbonyl (C=O) groups excluding carboxylic acids is 1. The number of rotatable bonds is 6. The molecule has 0 heterocycles. The Balaban J connectivity index is 2.83. The summed E-state index contributed by atoms with van der Waals surface area (Å²) in [7, 11) is 0. The molecule has 0 atom stereocenters. The van der Waals surface area contributed by atoms with Gasteiger partial charge in [-0.2, -0.15) is 0 Å². The summed E-state index contributed by atoms with van der Waals surface area (Å²) in [5.74, 6) is -3.93. The van der Waals surface area contributed by atoms with E-state index in [0.717, 1.165) is 11.0 Å². The number of aliphatic carboxylic acids is 1. The molecule has 0 spiro atoms. The summed E-state index contributed by atoms with van der Waals surface area (Å²) in [4.78, 5) is 23.4. The molecule has 0 aliphatic carbocycles. The van der Waals surface area contributed by atoms with Crippen LogP contribution in [0.3, 0.4) is 0 Å². The van der Waals surface area contributed by atoms with Crippen molar-refractivity contribution in [2.45, 2.75) is 6.42 Å². The maximum absolute atomic E-state index is 13.4. The van der Waals surface area contributed by atoms with E-state index in [1.54, 1.807) is 0 Å². The zero-order valence-corrected chi connectivity index (χ0v) is 10.1. The first-order chi connectivity index (χ1) is 8.95. The minimum atomic E-state index is -1.19. The van der Waals surface area contributed by atoms with E-state index in [2.05, 4.69) is 6.58 Å². The fraction of sp³-hybridized carbons (Fsp3) is 0.231. The molecule has 0 bridgehead atoms. The van der Waals surface area contributed by atoms with Gasteiger partial charge in [0, 0.05) is 12.1 Å². The van der Waals surface area contributed by atoms with Crippen LogP contribution in [-0.2, 0) is 16.0 Å². The van der Waals surface area contributed by atoms with Crippen LogP contribution >= 0.6 is 0 Å². The Morgan fingerprint density at radius 1 is 1.37 bits per heavy atom. The Hall–Kier alpha value is -2.24. The van der Waals surface area contributed by atoms with Gasteiger partial charge in [-0.15, -0.1) is 6.58 Å². The van der Waals surface area contributed by atoms with Crippen LogP contribution in [0.25, 0.3) is 0 Å². The molecular weight excluding hydrogens is 256 g/mol. The number of benzene rings is 1. The quantitative estimate of drug-likeness (QED) is 0.798. The van der Waals surface area contributed by atoms with Gasteiger partial charge in [-0.3, -0.25) is 9.59 Å². The van der Waals surface area contributed by atoms with Gasteiger partial charge in [-0.1, -0.05) is 18.2 Å². The molecule has 0 saturated heterocycles. The zero-order valence-electron chi connectivity index (χ0n) is 10.1. The number of hydrogen-bond acceptors (Lipinski definition) is 2. The number of carbonyl (C=O) groups is 2. The molecular formula is C13H13F2NO3. The minimum absolute atomic E-state index is 0.0298. The van der Waals surface area contributed by atoms with Gasteiger partial charge in [0.25, 0.3) is 0 Å². The molecule has 4 nitrogen and oxygen atoms in total. The van der Waals surface area contributed by atoms with Crippen molar-refractivity contribution in [1.82, 2.24) is 4.90 Å². The summed E-state index contributed by atoms with van der Waals surface area (Å²) < 4.78 is 26.4. The number of amides is 1. The molecule has 1 N–H and O–H groups in total. The highest BCUT2D eigenvalue weighted by Gasteiger charge is 2.18. The lowest BCUT2D eigenvalue weighted by Gasteiger charge is -2.19. The molecule has 0 aliphatic rings. The van der Waals surface area contributed by atoms with Gasteiger partial charge >= 0.3 is 5.97 Å². The lowest BCUT2D eigenvalue weighted by molar-refractivity contribution is -0.143. The molecule has 19 heavy (non-hydrogen) atoms. The highest BCUT2D eigenvalue weighted by Crippen LogP contribution is 2.13. The Morgan fingerprint density at radius 3 is 2.63 bits per heavy atom. The Morgan fingerprint density at radius 2 is 2.05 bits per heavy atom. The Bertz CT molecular complexity index is 503. The molecule has 0 unspecified atom stereocenters. The van der Waals surface area contributed by atoms with E-state index in [-0.39, 0.29) is 12.1 Å². The fourth-order valence-corrected chi connectivity index (χ4v) is 1.53. The minimum Gasteiger partial charge on any atom is -0.480 e. The van der Waals surface area contributed by atoms with Crippen LogP contribution in [0.15, 0.2) is 30.9 Å². The van der Waals surface area contributed by atoms with E-state index >= 15 is 0 Å². The summed E-state index contributed by atoms with van der Waals surface area (Å²) in [5, 5.41) is 8.66. The predicted molar refractivity (Wildman–Crippen MR) is 64.5 cm³/mol. The van der Waals surface area contributed by atoms with Crippen LogP contribution in [0.5, 0.6) is 0 Å². The molecule has 1 rings (SSSR count). The van der Waals surface area contributed by atoms with Crippen LogP contribution in [0.4, 0.5) is 8.78 Å². The normalized spacial score (nSPS) is 10.0. The van der Waals surface area contributed by atoms with E-state index in [0.29, 0.717) is 0 Å². The second-order valence-electron chi connectivity index (χ2n) is 3.85. The van der Waals surface area contributed by atoms with Gasteiger partial charge in [-0.25, -0.2) is 8.78 Å². The molecule has 1 amide bonds.